The van der Waals surface area contributed by atoms with Crippen molar-refractivity contribution in [3.63, 3.8) is 0 Å². The third-order valence-corrected chi connectivity index (χ3v) is 8.13. The molecule has 2 aromatic heterocycles. The van der Waals surface area contributed by atoms with Crippen LogP contribution in [0, 0.1) is 0 Å². The number of amides is 1. The molecule has 0 saturated carbocycles. The molecule has 0 fully saturated rings. The Morgan fingerprint density at radius 3 is 2.64 bits per heavy atom. The molecule has 0 atom stereocenters. The van der Waals surface area contributed by atoms with Gasteiger partial charge in [-0.1, -0.05) is 59.6 Å². The fourth-order valence-corrected chi connectivity index (χ4v) is 6.15. The van der Waals surface area contributed by atoms with Gasteiger partial charge in [0.25, 0.3) is 5.91 Å². The lowest BCUT2D eigenvalue weighted by Crippen LogP contribution is -2.16. The van der Waals surface area contributed by atoms with E-state index in [1.807, 2.05) is 61.5 Å². The van der Waals surface area contributed by atoms with Crippen LogP contribution in [0.2, 0.25) is 0 Å². The molecule has 184 valence electrons. The highest BCUT2D eigenvalue weighted by atomic mass is 79.9. The molecule has 1 amide bonds. The number of nitrogens with zero attached hydrogens (tertiary/aromatic N) is 1. The molecule has 1 aliphatic carbocycles. The van der Waals surface area contributed by atoms with Crippen molar-refractivity contribution in [3.8, 4) is 11.3 Å². The average Bonchev–Trinajstić information content (AvgIpc) is 3.06. The second-order valence-electron chi connectivity index (χ2n) is 8.94. The smallest absolute Gasteiger partial charge is 0.341 e. The van der Waals surface area contributed by atoms with Gasteiger partial charge in [-0.25, -0.2) is 9.78 Å². The highest BCUT2D eigenvalue weighted by Crippen LogP contribution is 2.38. The van der Waals surface area contributed by atoms with Crippen molar-refractivity contribution < 1.29 is 14.3 Å². The molecule has 0 radical (unpaired) electrons. The summed E-state index contributed by atoms with van der Waals surface area (Å²) in [5, 5.41) is 4.44. The van der Waals surface area contributed by atoms with Crippen molar-refractivity contribution in [3.05, 3.63) is 80.6 Å². The van der Waals surface area contributed by atoms with Crippen molar-refractivity contribution >= 4 is 55.0 Å². The molecule has 1 aliphatic rings. The van der Waals surface area contributed by atoms with Crippen LogP contribution in [0.5, 0.6) is 0 Å². The minimum atomic E-state index is -0.346. The van der Waals surface area contributed by atoms with Gasteiger partial charge in [0.1, 0.15) is 5.00 Å². The van der Waals surface area contributed by atoms with Crippen molar-refractivity contribution in [2.24, 2.45) is 0 Å². The van der Waals surface area contributed by atoms with E-state index < -0.39 is 0 Å². The quantitative estimate of drug-likeness (QED) is 0.192. The highest BCUT2D eigenvalue weighted by Gasteiger charge is 2.27. The number of anilines is 1. The van der Waals surface area contributed by atoms with Crippen LogP contribution in [0.4, 0.5) is 5.00 Å². The van der Waals surface area contributed by atoms with E-state index in [0.717, 1.165) is 70.7 Å². The minimum Gasteiger partial charge on any atom is -0.462 e. The zero-order chi connectivity index (χ0) is 25.1. The number of nitrogens with one attached hydrogen (secondary N) is 1. The fourth-order valence-electron chi connectivity index (χ4n) is 4.62. The van der Waals surface area contributed by atoms with Crippen LogP contribution in [0.25, 0.3) is 22.2 Å². The number of ether oxygens (including phenoxy) is 1. The Bertz CT molecular complexity index is 1430. The van der Waals surface area contributed by atoms with Crippen LogP contribution in [-0.4, -0.2) is 23.5 Å². The monoisotopic (exact) mass is 562 g/mol. The molecule has 0 spiro atoms. The summed E-state index contributed by atoms with van der Waals surface area (Å²) >= 11 is 4.99. The number of carbonyl (C=O) groups excluding carboxylic acids is 2. The van der Waals surface area contributed by atoms with Crippen LogP contribution >= 0.6 is 27.3 Å². The van der Waals surface area contributed by atoms with Crippen LogP contribution in [0.15, 0.2) is 59.1 Å². The predicted octanol–water partition coefficient (Wildman–Crippen LogP) is 7.81. The van der Waals surface area contributed by atoms with E-state index in [2.05, 4.69) is 21.2 Å². The predicted molar refractivity (Wildman–Crippen MR) is 149 cm³/mol. The van der Waals surface area contributed by atoms with Gasteiger partial charge >= 0.3 is 5.97 Å². The Hall–Kier alpha value is -3.03. The topological polar surface area (TPSA) is 68.3 Å². The zero-order valence-electron chi connectivity index (χ0n) is 20.1. The summed E-state index contributed by atoms with van der Waals surface area (Å²) in [6.07, 6.45) is 5.79. The maximum absolute atomic E-state index is 13.7. The summed E-state index contributed by atoms with van der Waals surface area (Å²) in [7, 11) is 0. The maximum Gasteiger partial charge on any atom is 0.341 e. The second kappa shape index (κ2) is 10.9. The maximum atomic E-state index is 13.7. The van der Waals surface area contributed by atoms with Crippen molar-refractivity contribution in [2.45, 2.75) is 45.4 Å². The minimum absolute atomic E-state index is 0.257. The number of aryl methyl sites for hydroxylation is 1. The van der Waals surface area contributed by atoms with E-state index in [1.54, 1.807) is 0 Å². The van der Waals surface area contributed by atoms with Crippen LogP contribution in [-0.2, 0) is 17.6 Å². The largest absolute Gasteiger partial charge is 0.462 e. The number of pyridine rings is 1. The Morgan fingerprint density at radius 1 is 1.06 bits per heavy atom. The van der Waals surface area contributed by atoms with E-state index in [1.165, 1.54) is 16.2 Å². The molecule has 7 heteroatoms. The number of benzene rings is 2. The number of para-hydroxylation sites is 1. The van der Waals surface area contributed by atoms with Gasteiger partial charge in [-0.15, -0.1) is 11.3 Å². The van der Waals surface area contributed by atoms with Gasteiger partial charge < -0.3 is 10.1 Å². The number of aromatic nitrogens is 1. The second-order valence-corrected chi connectivity index (χ2v) is 11.0. The lowest BCUT2D eigenvalue weighted by Gasteiger charge is -2.12. The molecule has 2 aromatic carbocycles. The molecule has 0 unspecified atom stereocenters. The molecule has 2 heterocycles. The van der Waals surface area contributed by atoms with Gasteiger partial charge in [0, 0.05) is 20.3 Å². The van der Waals surface area contributed by atoms with Crippen molar-refractivity contribution in [1.82, 2.24) is 4.98 Å². The van der Waals surface area contributed by atoms with Crippen LogP contribution in [0.3, 0.4) is 0 Å². The molecule has 5 rings (SSSR count). The number of fused-ring (bicyclic) bond motifs is 2. The first-order valence-corrected chi connectivity index (χ1v) is 13.9. The number of carbonyl (C=O) groups is 2. The van der Waals surface area contributed by atoms with Gasteiger partial charge in [-0.3, -0.25) is 4.79 Å². The van der Waals surface area contributed by atoms with Crippen molar-refractivity contribution in [1.29, 1.82) is 0 Å². The Kier molecular flexibility index (Phi) is 7.48. The van der Waals surface area contributed by atoms with Gasteiger partial charge in [-0.05, 0) is 61.9 Å². The Labute approximate surface area is 223 Å². The summed E-state index contributed by atoms with van der Waals surface area (Å²) in [5.41, 5.74) is 4.48. The van der Waals surface area contributed by atoms with Crippen molar-refractivity contribution in [2.75, 3.05) is 11.9 Å². The summed E-state index contributed by atoms with van der Waals surface area (Å²) in [6.45, 7) is 2.34. The van der Waals surface area contributed by atoms with Crippen LogP contribution < -0.4 is 5.32 Å². The van der Waals surface area contributed by atoms with E-state index in [9.17, 15) is 9.59 Å². The third kappa shape index (κ3) is 5.08. The van der Waals surface area contributed by atoms with E-state index in [4.69, 9.17) is 9.72 Å². The molecule has 4 aromatic rings. The fraction of sp³-hybridized carbons (Fsp3) is 0.276. The SMILES string of the molecule is CCCOC(=O)c1c(NC(=O)c2cc(-c3ccc(Br)cc3)nc3ccccc23)sc2c1CCCCC2. The normalized spacial score (nSPS) is 13.2. The third-order valence-electron chi connectivity index (χ3n) is 6.39. The first-order valence-electron chi connectivity index (χ1n) is 12.3. The Morgan fingerprint density at radius 2 is 1.83 bits per heavy atom. The number of esters is 1. The van der Waals surface area contributed by atoms with Gasteiger partial charge in [0.05, 0.1) is 28.9 Å². The van der Waals surface area contributed by atoms with Gasteiger partial charge in [0.15, 0.2) is 0 Å². The molecular weight excluding hydrogens is 536 g/mol. The molecular formula is C29H27BrN2O3S. The van der Waals surface area contributed by atoms with Gasteiger partial charge in [-0.2, -0.15) is 0 Å². The lowest BCUT2D eigenvalue weighted by molar-refractivity contribution is 0.0505. The van der Waals surface area contributed by atoms with Gasteiger partial charge in [0.2, 0.25) is 0 Å². The van der Waals surface area contributed by atoms with E-state index >= 15 is 0 Å². The Balaban J connectivity index is 1.56. The number of thiophene rings is 1. The number of hydrogen-bond donors (Lipinski definition) is 1. The summed E-state index contributed by atoms with van der Waals surface area (Å²) in [4.78, 5) is 32.8. The molecule has 0 bridgehead atoms. The molecule has 36 heavy (non-hydrogen) atoms. The number of hydrogen-bond acceptors (Lipinski definition) is 5. The van der Waals surface area contributed by atoms with E-state index in [-0.39, 0.29) is 11.9 Å². The lowest BCUT2D eigenvalue weighted by atomic mass is 10.0. The summed E-state index contributed by atoms with van der Waals surface area (Å²) in [6, 6.07) is 17.3. The molecule has 0 saturated heterocycles. The molecule has 5 nitrogen and oxygen atoms in total. The number of rotatable bonds is 6. The zero-order valence-corrected chi connectivity index (χ0v) is 22.5. The highest BCUT2D eigenvalue weighted by molar-refractivity contribution is 9.10. The summed E-state index contributed by atoms with van der Waals surface area (Å²) < 4.78 is 6.51. The number of halogens is 1. The van der Waals surface area contributed by atoms with E-state index in [0.29, 0.717) is 22.7 Å². The average molecular weight is 564 g/mol. The first kappa shape index (κ1) is 24.7. The first-order chi connectivity index (χ1) is 17.5. The molecule has 0 aliphatic heterocycles. The molecule has 1 N–H and O–H groups in total. The summed E-state index contributed by atoms with van der Waals surface area (Å²) in [5.74, 6) is -0.602. The van der Waals surface area contributed by atoms with Crippen LogP contribution in [0.1, 0.15) is 63.8 Å². The standard InChI is InChI=1S/C29H27BrN2O3S/c1-2-16-35-29(34)26-21-9-4-3-5-11-25(21)36-28(26)32-27(33)22-17-24(18-12-14-19(30)15-13-18)31-23-10-7-6-8-20(22)23/h6-8,10,12-15,17H,2-5,9,11,16H2,1H3,(H,32,33).